The van der Waals surface area contributed by atoms with Gasteiger partial charge in [-0.05, 0) is 31.2 Å². The number of anilines is 1. The minimum atomic E-state index is -4.83. The van der Waals surface area contributed by atoms with Gasteiger partial charge in [0.05, 0.1) is 12.2 Å². The second-order valence-corrected chi connectivity index (χ2v) is 9.11. The van der Waals surface area contributed by atoms with Crippen LogP contribution < -0.4 is 9.67 Å². The minimum absolute atomic E-state index is 0.0399. The fourth-order valence-corrected chi connectivity index (χ4v) is 3.34. The van der Waals surface area contributed by atoms with E-state index in [-0.39, 0.29) is 16.2 Å². The van der Waals surface area contributed by atoms with Crippen molar-refractivity contribution in [2.45, 2.75) is 13.8 Å². The number of esters is 1. The second-order valence-electron chi connectivity index (χ2n) is 5.06. The Kier molecular flexibility index (Phi) is 9.28. The summed E-state index contributed by atoms with van der Waals surface area (Å²) in [5, 5.41) is 11.3. The van der Waals surface area contributed by atoms with Crippen molar-refractivity contribution in [3.05, 3.63) is 59.1 Å². The Labute approximate surface area is 164 Å². The number of benzene rings is 2. The van der Waals surface area contributed by atoms with Gasteiger partial charge in [0, 0.05) is 5.02 Å². The average molecular weight is 460 g/mol. The number of halogens is 1. The third-order valence-electron chi connectivity index (χ3n) is 2.96. The molecule has 1 amide bonds. The molecule has 0 aromatic heterocycles. The normalized spacial score (nSPS) is 12.2. The van der Waals surface area contributed by atoms with E-state index in [1.54, 1.807) is 37.3 Å². The third-order valence-corrected chi connectivity index (χ3v) is 5.63. The van der Waals surface area contributed by atoms with E-state index in [0.717, 1.165) is 0 Å². The molecule has 0 aliphatic heterocycles. The Morgan fingerprint density at radius 1 is 1.19 bits per heavy atom. The number of hydrogen-bond acceptors (Lipinski definition) is 6. The molecule has 8 nitrogen and oxygen atoms in total. The Morgan fingerprint density at radius 3 is 2.33 bits per heavy atom. The molecule has 0 bridgehead atoms. The number of amides is 1. The molecule has 0 aliphatic carbocycles. The number of hydrogen-bond donors (Lipinski definition) is 3. The summed E-state index contributed by atoms with van der Waals surface area (Å²) in [7, 11) is 0. The third kappa shape index (κ3) is 7.99. The smallest absolute Gasteiger partial charge is 0.338 e. The minimum Gasteiger partial charge on any atom is -0.462 e. The van der Waals surface area contributed by atoms with Crippen LogP contribution in [0.2, 0.25) is 5.02 Å². The first-order chi connectivity index (χ1) is 12.7. The molecule has 1 atom stereocenters. The fraction of sp³-hybridized carbons (Fsp3) is 0.176. The van der Waals surface area contributed by atoms with Crippen LogP contribution in [-0.2, 0) is 17.1 Å². The van der Waals surface area contributed by atoms with E-state index in [1.807, 2.05) is 0 Å². The molecule has 0 spiro atoms. The van der Waals surface area contributed by atoms with Gasteiger partial charge >= 0.3 is 94.4 Å². The maximum Gasteiger partial charge on any atom is 0.338 e. The quantitative estimate of drug-likeness (QED) is 0.271. The molecule has 10 heteroatoms. The van der Waals surface area contributed by atoms with Crippen molar-refractivity contribution in [3.63, 3.8) is 0 Å². The summed E-state index contributed by atoms with van der Waals surface area (Å²) < 4.78 is 28.7. The van der Waals surface area contributed by atoms with Crippen LogP contribution in [0.5, 0.6) is 0 Å². The van der Waals surface area contributed by atoms with Crippen molar-refractivity contribution < 1.29 is 31.3 Å². The van der Waals surface area contributed by atoms with Crippen LogP contribution in [0.15, 0.2) is 48.5 Å². The number of rotatable bonds is 5. The SMILES string of the molecule is CC(=O)Nc1cccc([As](=O)(O)OO)c1.CCOC(=O)c1ccc(Cl)cc1. The largest absolute Gasteiger partial charge is 0.462 e. The van der Waals surface area contributed by atoms with Crippen molar-refractivity contribution in [1.82, 2.24) is 0 Å². The molecule has 3 N–H and O–H groups in total. The molecule has 146 valence electrons. The van der Waals surface area contributed by atoms with Gasteiger partial charge in [-0.2, -0.15) is 0 Å². The molecule has 2 aromatic carbocycles. The van der Waals surface area contributed by atoms with Crippen LogP contribution in [0.3, 0.4) is 0 Å². The monoisotopic (exact) mass is 459 g/mol. The van der Waals surface area contributed by atoms with Gasteiger partial charge < -0.3 is 4.74 Å². The summed E-state index contributed by atoms with van der Waals surface area (Å²) in [6.45, 7) is 3.48. The molecule has 0 radical (unpaired) electrons. The van der Waals surface area contributed by atoms with Crippen molar-refractivity contribution in [1.29, 1.82) is 0 Å². The van der Waals surface area contributed by atoms with Crippen molar-refractivity contribution in [2.24, 2.45) is 0 Å². The summed E-state index contributed by atoms with van der Waals surface area (Å²) in [5.41, 5.74) is 0.897. The van der Waals surface area contributed by atoms with E-state index in [4.69, 9.17) is 21.6 Å². The van der Waals surface area contributed by atoms with E-state index in [2.05, 4.69) is 9.19 Å². The summed E-state index contributed by atoms with van der Waals surface area (Å²) in [5.74, 6) is -0.605. The predicted octanol–water partition coefficient (Wildman–Crippen LogP) is 2.22. The summed E-state index contributed by atoms with van der Waals surface area (Å²) >= 11 is 0.816. The number of ether oxygens (including phenoxy) is 1. The van der Waals surface area contributed by atoms with Gasteiger partial charge in [0.15, 0.2) is 0 Å². The molecule has 0 fully saturated rings. The van der Waals surface area contributed by atoms with Crippen molar-refractivity contribution in [2.75, 3.05) is 11.9 Å². The predicted molar refractivity (Wildman–Crippen MR) is 100 cm³/mol. The maximum atomic E-state index is 11.3. The molecule has 0 saturated carbocycles. The number of carbonyl (C=O) groups excluding carboxylic acids is 2. The zero-order valence-corrected chi connectivity index (χ0v) is 17.2. The standard InChI is InChI=1S/C9H9ClO2.C8H10AsNO5/c1-2-12-9(11)7-3-5-8(10)6-4-7;1-6(11)10-8-4-2-3-7(5-8)9(12,13)15-14/h3-6H,2H2,1H3;2-5,14H,1H3,(H,10,11)(H,12,13). The summed E-state index contributed by atoms with van der Waals surface area (Å²) in [4.78, 5) is 21.8. The average Bonchev–Trinajstić information content (AvgIpc) is 2.63. The first-order valence-electron chi connectivity index (χ1n) is 7.66. The summed E-state index contributed by atoms with van der Waals surface area (Å²) in [6, 6.07) is 12.2. The van der Waals surface area contributed by atoms with Gasteiger partial charge in [0.2, 0.25) is 0 Å². The Hall–Kier alpha value is -2.09. The molecular weight excluding hydrogens is 441 g/mol. The molecule has 0 aliphatic rings. The first kappa shape index (κ1) is 22.9. The molecule has 1 unspecified atom stereocenters. The van der Waals surface area contributed by atoms with Crippen LogP contribution in [0.25, 0.3) is 0 Å². The van der Waals surface area contributed by atoms with E-state index >= 15 is 0 Å². The van der Waals surface area contributed by atoms with Crippen LogP contribution >= 0.6 is 11.6 Å². The van der Waals surface area contributed by atoms with Crippen LogP contribution in [0.4, 0.5) is 5.69 Å². The van der Waals surface area contributed by atoms with Gasteiger partial charge in [-0.3, -0.25) is 0 Å². The topological polar surface area (TPSA) is 122 Å². The number of carbonyl (C=O) groups is 2. The molecule has 0 heterocycles. The van der Waals surface area contributed by atoms with E-state index in [1.165, 1.54) is 25.1 Å². The van der Waals surface area contributed by atoms with Crippen molar-refractivity contribution >= 4 is 47.7 Å². The Balaban J connectivity index is 0.000000277. The van der Waals surface area contributed by atoms with Crippen molar-refractivity contribution in [3.8, 4) is 0 Å². The van der Waals surface area contributed by atoms with Crippen LogP contribution in [-0.4, -0.2) is 42.0 Å². The Morgan fingerprint density at radius 2 is 1.81 bits per heavy atom. The number of nitrogens with one attached hydrogen (secondary N) is 1. The maximum absolute atomic E-state index is 11.3. The zero-order chi connectivity index (χ0) is 20.4. The van der Waals surface area contributed by atoms with E-state index in [0.29, 0.717) is 22.9 Å². The molecule has 2 rings (SSSR count). The van der Waals surface area contributed by atoms with E-state index < -0.39 is 14.2 Å². The van der Waals surface area contributed by atoms with Crippen LogP contribution in [0.1, 0.15) is 24.2 Å². The van der Waals surface area contributed by atoms with Gasteiger partial charge in [-0.25, -0.2) is 4.79 Å². The first-order valence-corrected chi connectivity index (χ1v) is 11.3. The fourth-order valence-electron chi connectivity index (χ4n) is 1.81. The summed E-state index contributed by atoms with van der Waals surface area (Å²) in [6.07, 6.45) is 0. The van der Waals surface area contributed by atoms with Crippen LogP contribution in [0, 0.1) is 0 Å². The second kappa shape index (κ2) is 10.9. The van der Waals surface area contributed by atoms with Gasteiger partial charge in [-0.1, -0.05) is 11.6 Å². The van der Waals surface area contributed by atoms with Gasteiger partial charge in [0.25, 0.3) is 0 Å². The molecule has 27 heavy (non-hydrogen) atoms. The zero-order valence-electron chi connectivity index (χ0n) is 14.6. The van der Waals surface area contributed by atoms with E-state index in [9.17, 15) is 17.4 Å². The molecule has 0 saturated heterocycles. The van der Waals surface area contributed by atoms with Gasteiger partial charge in [0.1, 0.15) is 0 Å². The molecule has 2 aromatic rings. The Bertz CT molecular complexity index is 826. The van der Waals surface area contributed by atoms with Gasteiger partial charge in [-0.15, -0.1) is 0 Å². The molecular formula is C17H19AsClNO7.